The van der Waals surface area contributed by atoms with Gasteiger partial charge >= 0.3 is 11.9 Å². The zero-order chi connectivity index (χ0) is 10.9. The third-order valence-electron chi connectivity index (χ3n) is 1.51. The molecule has 0 atom stereocenters. The van der Waals surface area contributed by atoms with E-state index in [1.807, 2.05) is 0 Å². The molecular formula is C7H7N3O4. The highest BCUT2D eigenvalue weighted by molar-refractivity contribution is 5.97. The number of nitrogens with two attached hydrogens (primary N) is 2. The fraction of sp³-hybridized carbons (Fsp3) is 0. The van der Waals surface area contributed by atoms with Crippen LogP contribution in [0.4, 0.5) is 11.4 Å². The Hall–Kier alpha value is -2.31. The van der Waals surface area contributed by atoms with Crippen molar-refractivity contribution in [1.29, 1.82) is 0 Å². The van der Waals surface area contributed by atoms with Crippen LogP contribution < -0.4 is 11.5 Å². The monoisotopic (exact) mass is 197 g/mol. The Bertz CT molecular complexity index is 416. The number of aromatic carboxylic acids is 2. The molecule has 0 fully saturated rings. The number of rotatable bonds is 2. The van der Waals surface area contributed by atoms with Crippen molar-refractivity contribution < 1.29 is 19.8 Å². The lowest BCUT2D eigenvalue weighted by molar-refractivity contribution is 0.0686. The summed E-state index contributed by atoms with van der Waals surface area (Å²) in [5, 5.41) is 17.2. The molecule has 0 aliphatic heterocycles. The molecule has 1 aromatic rings. The van der Waals surface area contributed by atoms with E-state index in [4.69, 9.17) is 21.7 Å². The van der Waals surface area contributed by atoms with Crippen LogP contribution >= 0.6 is 0 Å². The zero-order valence-electron chi connectivity index (χ0n) is 6.89. The van der Waals surface area contributed by atoms with Crippen LogP contribution in [0.25, 0.3) is 0 Å². The summed E-state index contributed by atoms with van der Waals surface area (Å²) in [6, 6.07) is 1.00. The Kier molecular flexibility index (Phi) is 2.24. The van der Waals surface area contributed by atoms with E-state index >= 15 is 0 Å². The van der Waals surface area contributed by atoms with Crippen molar-refractivity contribution in [2.75, 3.05) is 11.5 Å². The predicted octanol–water partition coefficient (Wildman–Crippen LogP) is -0.358. The topological polar surface area (TPSA) is 140 Å². The second kappa shape index (κ2) is 3.21. The van der Waals surface area contributed by atoms with Crippen LogP contribution in [0.5, 0.6) is 0 Å². The fourth-order valence-electron chi connectivity index (χ4n) is 0.847. The van der Waals surface area contributed by atoms with Crippen LogP contribution in [-0.4, -0.2) is 27.1 Å². The van der Waals surface area contributed by atoms with Gasteiger partial charge in [-0.2, -0.15) is 0 Å². The fourth-order valence-corrected chi connectivity index (χ4v) is 0.847. The third-order valence-corrected chi connectivity index (χ3v) is 1.51. The molecule has 0 radical (unpaired) electrons. The van der Waals surface area contributed by atoms with Gasteiger partial charge in [-0.3, -0.25) is 0 Å². The quantitative estimate of drug-likeness (QED) is 0.507. The van der Waals surface area contributed by atoms with E-state index in [1.54, 1.807) is 0 Å². The molecule has 0 aromatic carbocycles. The first kappa shape index (κ1) is 9.78. The van der Waals surface area contributed by atoms with Gasteiger partial charge in [-0.1, -0.05) is 0 Å². The van der Waals surface area contributed by atoms with Crippen molar-refractivity contribution in [3.8, 4) is 0 Å². The van der Waals surface area contributed by atoms with Crippen molar-refractivity contribution in [3.05, 3.63) is 17.5 Å². The first-order chi connectivity index (χ1) is 6.43. The van der Waals surface area contributed by atoms with Crippen molar-refractivity contribution in [2.45, 2.75) is 0 Å². The third kappa shape index (κ3) is 1.56. The second-order valence-corrected chi connectivity index (χ2v) is 2.47. The predicted molar refractivity (Wildman–Crippen MR) is 47.0 cm³/mol. The van der Waals surface area contributed by atoms with E-state index < -0.39 is 23.3 Å². The molecule has 1 aromatic heterocycles. The Morgan fingerprint density at radius 2 is 1.79 bits per heavy atom. The van der Waals surface area contributed by atoms with Crippen molar-refractivity contribution in [2.24, 2.45) is 0 Å². The highest BCUT2D eigenvalue weighted by atomic mass is 16.4. The average Bonchev–Trinajstić information content (AvgIpc) is 2.08. The first-order valence-corrected chi connectivity index (χ1v) is 3.46. The Morgan fingerprint density at radius 3 is 2.21 bits per heavy atom. The molecule has 0 saturated carbocycles. The second-order valence-electron chi connectivity index (χ2n) is 2.47. The molecule has 7 nitrogen and oxygen atoms in total. The molecule has 0 unspecified atom stereocenters. The number of anilines is 2. The lowest BCUT2D eigenvalue weighted by Gasteiger charge is -2.04. The number of carboxylic acid groups (broad SMARTS) is 2. The largest absolute Gasteiger partial charge is 0.477 e. The molecule has 0 amide bonds. The van der Waals surface area contributed by atoms with Gasteiger partial charge in [0.1, 0.15) is 0 Å². The molecule has 0 aliphatic rings. The van der Waals surface area contributed by atoms with E-state index in [1.165, 1.54) is 0 Å². The van der Waals surface area contributed by atoms with Gasteiger partial charge in [-0.05, 0) is 6.07 Å². The van der Waals surface area contributed by atoms with Crippen molar-refractivity contribution >= 4 is 23.3 Å². The summed E-state index contributed by atoms with van der Waals surface area (Å²) in [5.41, 5.74) is 9.24. The molecule has 0 spiro atoms. The minimum Gasteiger partial charge on any atom is -0.477 e. The minimum absolute atomic E-state index is 0.116. The summed E-state index contributed by atoms with van der Waals surface area (Å²) < 4.78 is 0. The minimum atomic E-state index is -1.42. The van der Waals surface area contributed by atoms with Gasteiger partial charge in [0, 0.05) is 0 Å². The molecule has 14 heavy (non-hydrogen) atoms. The highest BCUT2D eigenvalue weighted by Crippen LogP contribution is 2.19. The van der Waals surface area contributed by atoms with E-state index in [0.717, 1.165) is 6.07 Å². The van der Waals surface area contributed by atoms with Crippen LogP contribution in [0.1, 0.15) is 21.0 Å². The summed E-state index contributed by atoms with van der Waals surface area (Å²) in [4.78, 5) is 24.4. The van der Waals surface area contributed by atoms with Crippen LogP contribution in [0.3, 0.4) is 0 Å². The van der Waals surface area contributed by atoms with E-state index in [-0.39, 0.29) is 11.4 Å². The van der Waals surface area contributed by atoms with Gasteiger partial charge < -0.3 is 21.7 Å². The number of carbonyl (C=O) groups is 2. The van der Waals surface area contributed by atoms with Gasteiger partial charge in [-0.15, -0.1) is 0 Å². The summed E-state index contributed by atoms with van der Waals surface area (Å²) >= 11 is 0. The molecule has 7 heteroatoms. The molecule has 74 valence electrons. The Balaban J connectivity index is 3.43. The number of carboxylic acids is 2. The summed E-state index contributed by atoms with van der Waals surface area (Å²) in [6.07, 6.45) is 0. The van der Waals surface area contributed by atoms with Gasteiger partial charge in [0.05, 0.1) is 11.4 Å². The zero-order valence-corrected chi connectivity index (χ0v) is 6.89. The van der Waals surface area contributed by atoms with Gasteiger partial charge in [0.2, 0.25) is 0 Å². The number of hydrogen-bond acceptors (Lipinski definition) is 5. The van der Waals surface area contributed by atoms with Gasteiger partial charge in [-0.25, -0.2) is 14.6 Å². The molecule has 6 N–H and O–H groups in total. The number of pyridine rings is 1. The van der Waals surface area contributed by atoms with Crippen LogP contribution in [0, 0.1) is 0 Å². The molecule has 1 rings (SSSR count). The van der Waals surface area contributed by atoms with Crippen molar-refractivity contribution in [1.82, 2.24) is 4.98 Å². The lowest BCUT2D eigenvalue weighted by Crippen LogP contribution is -2.12. The SMILES string of the molecule is Nc1cc(C(=O)O)nc(C(=O)O)c1N. The van der Waals surface area contributed by atoms with E-state index in [9.17, 15) is 9.59 Å². The van der Waals surface area contributed by atoms with Gasteiger partial charge in [0.25, 0.3) is 0 Å². The molecule has 0 saturated heterocycles. The maximum absolute atomic E-state index is 10.6. The lowest BCUT2D eigenvalue weighted by atomic mass is 10.2. The summed E-state index contributed by atoms with van der Waals surface area (Å²) in [5.74, 6) is -2.78. The molecule has 0 bridgehead atoms. The van der Waals surface area contributed by atoms with E-state index in [2.05, 4.69) is 4.98 Å². The maximum atomic E-state index is 10.6. The average molecular weight is 197 g/mol. The van der Waals surface area contributed by atoms with Crippen molar-refractivity contribution in [3.63, 3.8) is 0 Å². The summed E-state index contributed by atoms with van der Waals surface area (Å²) in [6.45, 7) is 0. The van der Waals surface area contributed by atoms with Crippen LogP contribution in [0.15, 0.2) is 6.07 Å². The molecule has 1 heterocycles. The maximum Gasteiger partial charge on any atom is 0.356 e. The van der Waals surface area contributed by atoms with Gasteiger partial charge in [0.15, 0.2) is 11.4 Å². The standard InChI is InChI=1S/C7H7N3O4/c8-2-1-3(6(11)12)10-5(4(2)9)7(13)14/h1H,9H2,(H2,8,10)(H,11,12)(H,13,14). The Morgan fingerprint density at radius 1 is 1.21 bits per heavy atom. The van der Waals surface area contributed by atoms with E-state index in [0.29, 0.717) is 0 Å². The number of aromatic nitrogens is 1. The normalized spacial score (nSPS) is 9.71. The smallest absolute Gasteiger partial charge is 0.356 e. The van der Waals surface area contributed by atoms with Crippen LogP contribution in [0.2, 0.25) is 0 Å². The Labute approximate surface area is 78.0 Å². The number of nitrogens with zero attached hydrogens (tertiary/aromatic N) is 1. The number of hydrogen-bond donors (Lipinski definition) is 4. The first-order valence-electron chi connectivity index (χ1n) is 3.46. The molecule has 0 aliphatic carbocycles. The van der Waals surface area contributed by atoms with Crippen LogP contribution in [-0.2, 0) is 0 Å². The molecular weight excluding hydrogens is 190 g/mol. The summed E-state index contributed by atoms with van der Waals surface area (Å²) in [7, 11) is 0. The number of nitrogen functional groups attached to an aromatic ring is 2. The highest BCUT2D eigenvalue weighted by Gasteiger charge is 2.16.